The van der Waals surface area contributed by atoms with E-state index < -0.39 is 0 Å². The number of aromatic nitrogens is 4. The van der Waals surface area contributed by atoms with Crippen molar-refractivity contribution in [3.63, 3.8) is 0 Å². The van der Waals surface area contributed by atoms with Crippen LogP contribution in [0.3, 0.4) is 0 Å². The van der Waals surface area contributed by atoms with Crippen molar-refractivity contribution in [1.29, 1.82) is 0 Å². The van der Waals surface area contributed by atoms with Crippen LogP contribution in [0.1, 0.15) is 25.3 Å². The van der Waals surface area contributed by atoms with Crippen LogP contribution in [0.25, 0.3) is 17.2 Å². The zero-order valence-corrected chi connectivity index (χ0v) is 11.2. The Morgan fingerprint density at radius 1 is 1.30 bits per heavy atom. The summed E-state index contributed by atoms with van der Waals surface area (Å²) in [5, 5.41) is 9.91. The first-order valence-corrected chi connectivity index (χ1v) is 6.33. The monoisotopic (exact) mass is 270 g/mol. The van der Waals surface area contributed by atoms with Crippen LogP contribution in [0.4, 0.5) is 0 Å². The maximum absolute atomic E-state index is 12.0. The summed E-state index contributed by atoms with van der Waals surface area (Å²) in [6, 6.07) is 5.61. The second-order valence-corrected chi connectivity index (χ2v) is 4.90. The quantitative estimate of drug-likeness (QED) is 0.745. The molecule has 3 aromatic heterocycles. The van der Waals surface area contributed by atoms with Crippen molar-refractivity contribution in [2.75, 3.05) is 0 Å². The molecule has 0 unspecified atom stereocenters. The number of H-pyrrole nitrogens is 1. The van der Waals surface area contributed by atoms with Gasteiger partial charge in [-0.15, -0.1) is 0 Å². The molecule has 0 amide bonds. The summed E-state index contributed by atoms with van der Waals surface area (Å²) in [7, 11) is 0. The summed E-state index contributed by atoms with van der Waals surface area (Å²) in [4.78, 5) is 23.1. The van der Waals surface area contributed by atoms with Gasteiger partial charge in [-0.1, -0.05) is 19.9 Å². The van der Waals surface area contributed by atoms with Crippen LogP contribution in [0.15, 0.2) is 35.4 Å². The minimum Gasteiger partial charge on any atom is -0.493 e. The molecule has 20 heavy (non-hydrogen) atoms. The van der Waals surface area contributed by atoms with Gasteiger partial charge in [0.25, 0.3) is 5.56 Å². The Balaban J connectivity index is 2.17. The second-order valence-electron chi connectivity index (χ2n) is 4.90. The minimum absolute atomic E-state index is 0.0960. The molecular formula is C14H14N4O2. The highest BCUT2D eigenvalue weighted by Gasteiger charge is 2.16. The van der Waals surface area contributed by atoms with Crippen molar-refractivity contribution in [1.82, 2.24) is 19.4 Å². The third-order valence-corrected chi connectivity index (χ3v) is 3.12. The number of nitrogens with zero attached hydrogens (tertiary/aromatic N) is 3. The Labute approximate surface area is 114 Å². The summed E-state index contributed by atoms with van der Waals surface area (Å²) in [6.07, 6.45) is 3.61. The van der Waals surface area contributed by atoms with E-state index >= 15 is 0 Å². The average molecular weight is 270 g/mol. The van der Waals surface area contributed by atoms with Gasteiger partial charge in [-0.05, 0) is 18.1 Å². The molecule has 6 heteroatoms. The van der Waals surface area contributed by atoms with Gasteiger partial charge in [0.05, 0.1) is 5.56 Å². The van der Waals surface area contributed by atoms with Gasteiger partial charge in [-0.2, -0.15) is 4.98 Å². The molecule has 0 atom stereocenters. The Morgan fingerprint density at radius 2 is 2.10 bits per heavy atom. The molecule has 0 saturated carbocycles. The molecule has 0 spiro atoms. The van der Waals surface area contributed by atoms with Gasteiger partial charge >= 0.3 is 0 Å². The molecule has 102 valence electrons. The molecule has 3 rings (SSSR count). The van der Waals surface area contributed by atoms with Gasteiger partial charge in [-0.3, -0.25) is 4.79 Å². The Bertz CT molecular complexity index is 800. The molecule has 0 aliphatic carbocycles. The SMILES string of the molecule is CC(C)c1c(O)nc(-c2cn3ccccc3n2)[nH]c1=O. The smallest absolute Gasteiger partial charge is 0.258 e. The highest BCUT2D eigenvalue weighted by atomic mass is 16.3. The topological polar surface area (TPSA) is 83.3 Å². The number of rotatable bonds is 2. The number of imidazole rings is 1. The van der Waals surface area contributed by atoms with Crippen molar-refractivity contribution < 1.29 is 5.11 Å². The first kappa shape index (κ1) is 12.4. The molecule has 3 aromatic rings. The number of aromatic amines is 1. The molecule has 2 N–H and O–H groups in total. The standard InChI is InChI=1S/C14H14N4O2/c1-8(2)11-13(19)16-12(17-14(11)20)9-7-18-6-4-3-5-10(18)15-9/h3-8H,1-2H3,(H2,16,17,19,20). The number of hydrogen-bond donors (Lipinski definition) is 2. The van der Waals surface area contributed by atoms with E-state index in [2.05, 4.69) is 15.0 Å². The summed E-state index contributed by atoms with van der Waals surface area (Å²) >= 11 is 0. The lowest BCUT2D eigenvalue weighted by Gasteiger charge is -2.06. The third-order valence-electron chi connectivity index (χ3n) is 3.12. The lowest BCUT2D eigenvalue weighted by atomic mass is 10.1. The largest absolute Gasteiger partial charge is 0.493 e. The first-order valence-electron chi connectivity index (χ1n) is 6.33. The molecule has 0 radical (unpaired) electrons. The molecule has 0 aliphatic heterocycles. The Morgan fingerprint density at radius 3 is 2.75 bits per heavy atom. The van der Waals surface area contributed by atoms with E-state index in [1.165, 1.54) is 0 Å². The van der Waals surface area contributed by atoms with Crippen molar-refractivity contribution in [2.45, 2.75) is 19.8 Å². The lowest BCUT2D eigenvalue weighted by molar-refractivity contribution is 0.440. The molecule has 0 bridgehead atoms. The van der Waals surface area contributed by atoms with Gasteiger partial charge < -0.3 is 14.5 Å². The van der Waals surface area contributed by atoms with E-state index in [4.69, 9.17) is 0 Å². The minimum atomic E-state index is -0.334. The van der Waals surface area contributed by atoms with Crippen molar-refractivity contribution in [2.24, 2.45) is 0 Å². The molecule has 0 aromatic carbocycles. The lowest BCUT2D eigenvalue weighted by Crippen LogP contribution is -2.16. The van der Waals surface area contributed by atoms with Gasteiger partial charge in [0, 0.05) is 12.4 Å². The van der Waals surface area contributed by atoms with Crippen LogP contribution in [0.2, 0.25) is 0 Å². The molecule has 0 aliphatic rings. The predicted molar refractivity (Wildman–Crippen MR) is 74.8 cm³/mol. The van der Waals surface area contributed by atoms with Crippen LogP contribution in [-0.2, 0) is 0 Å². The van der Waals surface area contributed by atoms with E-state index in [1.807, 2.05) is 42.6 Å². The van der Waals surface area contributed by atoms with Crippen molar-refractivity contribution in [3.05, 3.63) is 46.5 Å². The summed E-state index contributed by atoms with van der Waals surface area (Å²) < 4.78 is 1.82. The van der Waals surface area contributed by atoms with E-state index in [0.29, 0.717) is 5.69 Å². The summed E-state index contributed by atoms with van der Waals surface area (Å²) in [6.45, 7) is 3.66. The highest BCUT2D eigenvalue weighted by Crippen LogP contribution is 2.22. The molecule has 3 heterocycles. The van der Waals surface area contributed by atoms with Crippen LogP contribution in [0.5, 0.6) is 5.88 Å². The fourth-order valence-electron chi connectivity index (χ4n) is 2.16. The van der Waals surface area contributed by atoms with E-state index in [9.17, 15) is 9.90 Å². The van der Waals surface area contributed by atoms with Crippen molar-refractivity contribution in [3.8, 4) is 17.4 Å². The van der Waals surface area contributed by atoms with Crippen LogP contribution in [0, 0.1) is 0 Å². The van der Waals surface area contributed by atoms with E-state index in [0.717, 1.165) is 5.65 Å². The van der Waals surface area contributed by atoms with E-state index in [-0.39, 0.29) is 28.7 Å². The molecule has 0 fully saturated rings. The molecular weight excluding hydrogens is 256 g/mol. The van der Waals surface area contributed by atoms with Gasteiger partial charge in [0.1, 0.15) is 11.3 Å². The highest BCUT2D eigenvalue weighted by molar-refractivity contribution is 5.56. The first-order chi connectivity index (χ1) is 9.56. The maximum atomic E-state index is 12.0. The summed E-state index contributed by atoms with van der Waals surface area (Å²) in [5.41, 5.74) is 1.22. The van der Waals surface area contributed by atoms with Crippen LogP contribution < -0.4 is 5.56 Å². The average Bonchev–Trinajstić information content (AvgIpc) is 2.81. The Hall–Kier alpha value is -2.63. The molecule has 6 nitrogen and oxygen atoms in total. The number of aromatic hydroxyl groups is 1. The van der Waals surface area contributed by atoms with Gasteiger partial charge in [0.2, 0.25) is 5.88 Å². The number of hydrogen-bond acceptors (Lipinski definition) is 4. The van der Waals surface area contributed by atoms with E-state index in [1.54, 1.807) is 6.20 Å². The number of pyridine rings is 1. The Kier molecular flexibility index (Phi) is 2.78. The van der Waals surface area contributed by atoms with Crippen LogP contribution in [-0.4, -0.2) is 24.5 Å². The zero-order chi connectivity index (χ0) is 14.3. The fourth-order valence-corrected chi connectivity index (χ4v) is 2.16. The third kappa shape index (κ3) is 1.95. The number of nitrogens with one attached hydrogen (secondary N) is 1. The normalized spacial score (nSPS) is 11.3. The zero-order valence-electron chi connectivity index (χ0n) is 11.2. The number of fused-ring (bicyclic) bond motifs is 1. The second kappa shape index (κ2) is 4.48. The van der Waals surface area contributed by atoms with Crippen molar-refractivity contribution >= 4 is 5.65 Å². The maximum Gasteiger partial charge on any atom is 0.258 e. The predicted octanol–water partition coefficient (Wildman–Crippen LogP) is 1.91. The summed E-state index contributed by atoms with van der Waals surface area (Å²) in [5.74, 6) is -0.0715. The van der Waals surface area contributed by atoms with Gasteiger partial charge in [0.15, 0.2) is 5.82 Å². The van der Waals surface area contributed by atoms with Gasteiger partial charge in [-0.25, -0.2) is 4.98 Å². The fraction of sp³-hybridized carbons (Fsp3) is 0.214. The molecule has 0 saturated heterocycles. The van der Waals surface area contributed by atoms with Crippen LogP contribution >= 0.6 is 0 Å².